The molecule has 0 radical (unpaired) electrons. The topological polar surface area (TPSA) is 94.0 Å². The van der Waals surface area contributed by atoms with Gasteiger partial charge in [0, 0.05) is 24.3 Å². The number of hydrogen-bond donors (Lipinski definition) is 1. The fourth-order valence-corrected chi connectivity index (χ4v) is 2.89. The second kappa shape index (κ2) is 5.69. The lowest BCUT2D eigenvalue weighted by Crippen LogP contribution is -1.98. The fraction of sp³-hybridized carbons (Fsp3) is 0.0714. The Kier molecular flexibility index (Phi) is 3.39. The second-order valence-electron chi connectivity index (χ2n) is 4.74. The first kappa shape index (κ1) is 13.7. The summed E-state index contributed by atoms with van der Waals surface area (Å²) in [5.74, 6) is 1.50. The predicted octanol–water partition coefficient (Wildman–Crippen LogP) is 1.70. The molecule has 0 aliphatic carbocycles. The first-order chi connectivity index (χ1) is 11.3. The molecule has 3 aromatic heterocycles. The zero-order valence-corrected chi connectivity index (χ0v) is 12.6. The molecule has 0 saturated carbocycles. The molecule has 9 heteroatoms. The van der Waals surface area contributed by atoms with Crippen LogP contribution < -0.4 is 0 Å². The largest absolute Gasteiger partial charge is 0.508 e. The van der Waals surface area contributed by atoms with Crippen molar-refractivity contribution in [2.24, 2.45) is 0 Å². The SMILES string of the molecule is Oc1ccc(-n2nnnc2SCc2cn3cccnc3n2)cc1. The van der Waals surface area contributed by atoms with Crippen LogP contribution in [-0.4, -0.2) is 39.7 Å². The van der Waals surface area contributed by atoms with Crippen LogP contribution in [0, 0.1) is 0 Å². The van der Waals surface area contributed by atoms with Crippen molar-refractivity contribution in [2.45, 2.75) is 10.9 Å². The Hall–Kier alpha value is -2.94. The van der Waals surface area contributed by atoms with Crippen LogP contribution in [0.15, 0.2) is 54.1 Å². The third-order valence-corrected chi connectivity index (χ3v) is 4.12. The molecule has 114 valence electrons. The first-order valence-electron chi connectivity index (χ1n) is 6.79. The quantitative estimate of drug-likeness (QED) is 0.571. The standard InChI is InChI=1S/C14H11N7OS/c22-12-4-2-11(3-5-12)21-14(17-18-19-21)23-9-10-8-20-7-1-6-15-13(20)16-10/h1-8,22H,9H2. The summed E-state index contributed by atoms with van der Waals surface area (Å²) in [5, 5.41) is 21.8. The van der Waals surface area contributed by atoms with Crippen molar-refractivity contribution in [2.75, 3.05) is 0 Å². The minimum atomic E-state index is 0.202. The second-order valence-corrected chi connectivity index (χ2v) is 5.68. The number of phenols is 1. The van der Waals surface area contributed by atoms with Gasteiger partial charge in [-0.3, -0.25) is 4.40 Å². The molecule has 0 atom stereocenters. The van der Waals surface area contributed by atoms with Gasteiger partial charge >= 0.3 is 0 Å². The van der Waals surface area contributed by atoms with Crippen LogP contribution in [0.4, 0.5) is 0 Å². The summed E-state index contributed by atoms with van der Waals surface area (Å²) in [4.78, 5) is 8.64. The number of tetrazole rings is 1. The molecule has 0 fully saturated rings. The van der Waals surface area contributed by atoms with Gasteiger partial charge in [0.25, 0.3) is 0 Å². The number of hydrogen-bond acceptors (Lipinski definition) is 7. The van der Waals surface area contributed by atoms with Crippen LogP contribution in [0.25, 0.3) is 11.5 Å². The van der Waals surface area contributed by atoms with Gasteiger partial charge in [0.1, 0.15) is 5.75 Å². The van der Waals surface area contributed by atoms with Crippen molar-refractivity contribution in [3.8, 4) is 11.4 Å². The maximum absolute atomic E-state index is 9.36. The number of fused-ring (bicyclic) bond motifs is 1. The van der Waals surface area contributed by atoms with Crippen molar-refractivity contribution in [3.05, 3.63) is 54.6 Å². The Balaban J connectivity index is 1.55. The van der Waals surface area contributed by atoms with Crippen LogP contribution in [-0.2, 0) is 5.75 Å². The Labute approximate surface area is 134 Å². The smallest absolute Gasteiger partial charge is 0.233 e. The van der Waals surface area contributed by atoms with Crippen LogP contribution >= 0.6 is 11.8 Å². The lowest BCUT2D eigenvalue weighted by Gasteiger charge is -2.03. The minimum Gasteiger partial charge on any atom is -0.508 e. The fourth-order valence-electron chi connectivity index (χ4n) is 2.11. The highest BCUT2D eigenvalue weighted by molar-refractivity contribution is 7.98. The predicted molar refractivity (Wildman–Crippen MR) is 83.4 cm³/mol. The molecule has 4 rings (SSSR count). The van der Waals surface area contributed by atoms with Crippen molar-refractivity contribution in [1.29, 1.82) is 0 Å². The van der Waals surface area contributed by atoms with E-state index in [1.807, 2.05) is 22.9 Å². The van der Waals surface area contributed by atoms with Crippen LogP contribution in [0.2, 0.25) is 0 Å². The number of phenolic OH excluding ortho intramolecular Hbond substituents is 1. The zero-order chi connectivity index (χ0) is 15.6. The Morgan fingerprint density at radius 3 is 2.87 bits per heavy atom. The molecule has 3 heterocycles. The maximum atomic E-state index is 9.36. The van der Waals surface area contributed by atoms with E-state index in [0.717, 1.165) is 11.4 Å². The molecule has 4 aromatic rings. The highest BCUT2D eigenvalue weighted by Gasteiger charge is 2.11. The number of benzene rings is 1. The summed E-state index contributed by atoms with van der Waals surface area (Å²) >= 11 is 1.48. The van der Waals surface area contributed by atoms with E-state index < -0.39 is 0 Å². The number of rotatable bonds is 4. The van der Waals surface area contributed by atoms with E-state index in [0.29, 0.717) is 16.7 Å². The summed E-state index contributed by atoms with van der Waals surface area (Å²) < 4.78 is 3.50. The Morgan fingerprint density at radius 1 is 1.17 bits per heavy atom. The Bertz CT molecular complexity index is 914. The van der Waals surface area contributed by atoms with Gasteiger partial charge in [-0.25, -0.2) is 9.97 Å². The van der Waals surface area contributed by atoms with Gasteiger partial charge in [0.05, 0.1) is 11.4 Å². The van der Waals surface area contributed by atoms with Crippen LogP contribution in [0.3, 0.4) is 0 Å². The van der Waals surface area contributed by atoms with Gasteiger partial charge in [-0.1, -0.05) is 11.8 Å². The van der Waals surface area contributed by atoms with E-state index in [9.17, 15) is 5.11 Å². The molecule has 8 nitrogen and oxygen atoms in total. The number of aromatic nitrogens is 7. The first-order valence-corrected chi connectivity index (χ1v) is 7.77. The minimum absolute atomic E-state index is 0.202. The highest BCUT2D eigenvalue weighted by Crippen LogP contribution is 2.23. The lowest BCUT2D eigenvalue weighted by molar-refractivity contribution is 0.475. The summed E-state index contributed by atoms with van der Waals surface area (Å²) in [7, 11) is 0. The molecule has 1 aromatic carbocycles. The average Bonchev–Trinajstić information content (AvgIpc) is 3.19. The van der Waals surface area contributed by atoms with Crippen molar-refractivity contribution >= 4 is 17.5 Å². The summed E-state index contributed by atoms with van der Waals surface area (Å²) in [6.45, 7) is 0. The summed E-state index contributed by atoms with van der Waals surface area (Å²) in [6.07, 6.45) is 5.55. The summed E-state index contributed by atoms with van der Waals surface area (Å²) in [6, 6.07) is 8.56. The number of aromatic hydroxyl groups is 1. The van der Waals surface area contributed by atoms with Gasteiger partial charge in [-0.15, -0.1) is 5.10 Å². The molecule has 0 saturated heterocycles. The van der Waals surface area contributed by atoms with Crippen molar-refractivity contribution in [1.82, 2.24) is 34.6 Å². The molecule has 0 aliphatic rings. The van der Waals surface area contributed by atoms with Gasteiger partial charge in [-0.2, -0.15) is 4.68 Å². The lowest BCUT2D eigenvalue weighted by atomic mass is 10.3. The monoisotopic (exact) mass is 325 g/mol. The molecule has 0 unspecified atom stereocenters. The number of nitrogens with zero attached hydrogens (tertiary/aromatic N) is 7. The molecular weight excluding hydrogens is 314 g/mol. The van der Waals surface area contributed by atoms with Gasteiger partial charge in [0.15, 0.2) is 0 Å². The molecule has 0 spiro atoms. The van der Waals surface area contributed by atoms with Crippen molar-refractivity contribution in [3.63, 3.8) is 0 Å². The van der Waals surface area contributed by atoms with E-state index in [2.05, 4.69) is 25.5 Å². The number of thioether (sulfide) groups is 1. The van der Waals surface area contributed by atoms with Crippen LogP contribution in [0.5, 0.6) is 5.75 Å². The van der Waals surface area contributed by atoms with E-state index in [4.69, 9.17) is 0 Å². The highest BCUT2D eigenvalue weighted by atomic mass is 32.2. The van der Waals surface area contributed by atoms with E-state index >= 15 is 0 Å². The normalized spacial score (nSPS) is 11.1. The maximum Gasteiger partial charge on any atom is 0.233 e. The van der Waals surface area contributed by atoms with Gasteiger partial charge in [0.2, 0.25) is 10.9 Å². The summed E-state index contributed by atoms with van der Waals surface area (Å²) in [5.41, 5.74) is 1.68. The molecule has 1 N–H and O–H groups in total. The van der Waals surface area contributed by atoms with Crippen molar-refractivity contribution < 1.29 is 5.11 Å². The molecule has 0 amide bonds. The molecule has 23 heavy (non-hydrogen) atoms. The molecular formula is C14H11N7OS. The Morgan fingerprint density at radius 2 is 2.04 bits per heavy atom. The van der Waals surface area contributed by atoms with E-state index in [1.165, 1.54) is 11.8 Å². The molecule has 0 bridgehead atoms. The third kappa shape index (κ3) is 2.73. The van der Waals surface area contributed by atoms with Gasteiger partial charge < -0.3 is 5.11 Å². The van der Waals surface area contributed by atoms with E-state index in [1.54, 1.807) is 35.1 Å². The average molecular weight is 325 g/mol. The number of imidazole rings is 1. The van der Waals surface area contributed by atoms with E-state index in [-0.39, 0.29) is 5.75 Å². The molecule has 0 aliphatic heterocycles. The third-order valence-electron chi connectivity index (χ3n) is 3.17. The van der Waals surface area contributed by atoms with Crippen LogP contribution in [0.1, 0.15) is 5.69 Å². The van der Waals surface area contributed by atoms with Gasteiger partial charge in [-0.05, 0) is 40.8 Å². The zero-order valence-electron chi connectivity index (χ0n) is 11.8.